The number of halogens is 1. The molecule has 16 heavy (non-hydrogen) atoms. The van der Waals surface area contributed by atoms with E-state index in [1.807, 2.05) is 24.3 Å². The predicted molar refractivity (Wildman–Crippen MR) is 65.2 cm³/mol. The molecule has 0 radical (unpaired) electrons. The van der Waals surface area contributed by atoms with Gasteiger partial charge < -0.3 is 0 Å². The van der Waals surface area contributed by atoms with Gasteiger partial charge in [0.15, 0.2) is 4.34 Å². The van der Waals surface area contributed by atoms with Crippen molar-refractivity contribution < 1.29 is 12.3 Å². The Morgan fingerprint density at radius 3 is 2.81 bits per heavy atom. The van der Waals surface area contributed by atoms with E-state index in [1.165, 1.54) is 23.1 Å². The van der Waals surface area contributed by atoms with Crippen LogP contribution in [0.3, 0.4) is 0 Å². The Balaban J connectivity index is 2.05. The first-order valence-electron chi connectivity index (χ1n) is 4.45. The van der Waals surface area contributed by atoms with E-state index < -0.39 is 16.0 Å². The zero-order valence-electron chi connectivity index (χ0n) is 8.09. The van der Waals surface area contributed by atoms with E-state index in [1.54, 1.807) is 0 Å². The Kier molecular flexibility index (Phi) is 3.46. The summed E-state index contributed by atoms with van der Waals surface area (Å²) in [5.41, 5.74) is 0.887. The maximum absolute atomic E-state index is 12.2. The van der Waals surface area contributed by atoms with E-state index in [-0.39, 0.29) is 5.75 Å². The Hall–Kier alpha value is -0.660. The molecule has 1 aromatic heterocycles. The van der Waals surface area contributed by atoms with Crippen LogP contribution in [0.1, 0.15) is 0 Å². The van der Waals surface area contributed by atoms with Gasteiger partial charge in [-0.25, -0.2) is 4.98 Å². The molecule has 1 heterocycles. The van der Waals surface area contributed by atoms with E-state index in [0.717, 1.165) is 14.6 Å². The van der Waals surface area contributed by atoms with Gasteiger partial charge in [-0.1, -0.05) is 23.9 Å². The van der Waals surface area contributed by atoms with Gasteiger partial charge in [-0.3, -0.25) is 0 Å². The molecule has 0 saturated carbocycles. The number of thiazole rings is 1. The lowest BCUT2D eigenvalue weighted by Gasteiger charge is -1.92. The molecule has 0 atom stereocenters. The summed E-state index contributed by atoms with van der Waals surface area (Å²) in [6.07, 6.45) is 0. The number of aromatic nitrogens is 1. The van der Waals surface area contributed by atoms with E-state index in [2.05, 4.69) is 4.98 Å². The molecule has 0 spiro atoms. The van der Waals surface area contributed by atoms with Gasteiger partial charge in [0.25, 0.3) is 0 Å². The van der Waals surface area contributed by atoms with Crippen molar-refractivity contribution in [2.75, 3.05) is 11.5 Å². The predicted octanol–water partition coefficient (Wildman–Crippen LogP) is 2.69. The summed E-state index contributed by atoms with van der Waals surface area (Å²) in [5, 5.41) is 0. The molecule has 0 fully saturated rings. The number of thioether (sulfide) groups is 1. The van der Waals surface area contributed by atoms with E-state index in [9.17, 15) is 12.3 Å². The van der Waals surface area contributed by atoms with Crippen LogP contribution in [0.4, 0.5) is 3.89 Å². The minimum atomic E-state index is -4.37. The molecule has 3 nitrogen and oxygen atoms in total. The van der Waals surface area contributed by atoms with Gasteiger partial charge in [-0.2, -0.15) is 8.42 Å². The van der Waals surface area contributed by atoms with Crippen molar-refractivity contribution in [2.45, 2.75) is 4.34 Å². The van der Waals surface area contributed by atoms with Gasteiger partial charge in [0.05, 0.1) is 16.0 Å². The first kappa shape index (κ1) is 11.8. The van der Waals surface area contributed by atoms with E-state index >= 15 is 0 Å². The molecule has 0 aliphatic rings. The summed E-state index contributed by atoms with van der Waals surface area (Å²) in [6, 6.07) is 7.65. The standard InChI is InChI=1S/C9H8FNO2S3/c10-16(12,13)6-5-14-9-11-7-3-1-2-4-8(7)15-9/h1-4H,5-6H2. The van der Waals surface area contributed by atoms with Crippen LogP contribution in [0.5, 0.6) is 0 Å². The highest BCUT2D eigenvalue weighted by Gasteiger charge is 2.09. The minimum Gasteiger partial charge on any atom is -0.230 e. The fourth-order valence-corrected chi connectivity index (χ4v) is 4.06. The SMILES string of the molecule is O=S(=O)(F)CCSc1nc2ccccc2s1. The third kappa shape index (κ3) is 3.16. The molecule has 2 aromatic rings. The maximum Gasteiger partial charge on any atom is 0.303 e. The Labute approximate surface area is 101 Å². The number of benzene rings is 1. The largest absolute Gasteiger partial charge is 0.303 e. The van der Waals surface area contributed by atoms with Crippen LogP contribution in [0, 0.1) is 0 Å². The lowest BCUT2D eigenvalue weighted by atomic mass is 10.3. The molecule has 0 N–H and O–H groups in total. The van der Waals surface area contributed by atoms with Gasteiger partial charge in [0.2, 0.25) is 0 Å². The number of rotatable bonds is 4. The van der Waals surface area contributed by atoms with Crippen molar-refractivity contribution in [1.82, 2.24) is 4.98 Å². The molecule has 1 aromatic carbocycles. The second-order valence-electron chi connectivity index (χ2n) is 3.04. The highest BCUT2D eigenvalue weighted by atomic mass is 32.3. The number of nitrogens with zero attached hydrogens (tertiary/aromatic N) is 1. The summed E-state index contributed by atoms with van der Waals surface area (Å²) in [5.74, 6) is -0.272. The lowest BCUT2D eigenvalue weighted by Crippen LogP contribution is -2.00. The number of hydrogen-bond acceptors (Lipinski definition) is 5. The van der Waals surface area contributed by atoms with Crippen LogP contribution in [-0.4, -0.2) is 24.9 Å². The van der Waals surface area contributed by atoms with Gasteiger partial charge >= 0.3 is 10.2 Å². The van der Waals surface area contributed by atoms with Crippen LogP contribution in [0.2, 0.25) is 0 Å². The van der Waals surface area contributed by atoms with Crippen LogP contribution < -0.4 is 0 Å². The molecule has 7 heteroatoms. The minimum absolute atomic E-state index is 0.193. The monoisotopic (exact) mass is 277 g/mol. The second-order valence-corrected chi connectivity index (χ2v) is 6.90. The molecule has 86 valence electrons. The summed E-state index contributed by atoms with van der Waals surface area (Å²) in [6.45, 7) is 0. The number of fused-ring (bicyclic) bond motifs is 1. The zero-order valence-corrected chi connectivity index (χ0v) is 10.5. The van der Waals surface area contributed by atoms with Crippen molar-refractivity contribution >= 4 is 43.5 Å². The van der Waals surface area contributed by atoms with Gasteiger partial charge in [-0.05, 0) is 12.1 Å². The summed E-state index contributed by atoms with van der Waals surface area (Å²) >= 11 is 2.74. The van der Waals surface area contributed by atoms with Crippen molar-refractivity contribution in [2.24, 2.45) is 0 Å². The van der Waals surface area contributed by atoms with Crippen molar-refractivity contribution in [3.8, 4) is 0 Å². The first-order valence-corrected chi connectivity index (χ1v) is 7.81. The number of para-hydroxylation sites is 1. The lowest BCUT2D eigenvalue weighted by molar-refractivity contribution is 0.554. The summed E-state index contributed by atoms with van der Waals surface area (Å²) < 4.78 is 34.6. The third-order valence-corrected chi connectivity index (χ3v) is 4.96. The molecule has 0 aliphatic carbocycles. The fraction of sp³-hybridized carbons (Fsp3) is 0.222. The van der Waals surface area contributed by atoms with Gasteiger partial charge in [0, 0.05) is 5.75 Å². The molecule has 0 amide bonds. The topological polar surface area (TPSA) is 47.0 Å². The van der Waals surface area contributed by atoms with Crippen LogP contribution in [0.15, 0.2) is 28.6 Å². The molecule has 0 unspecified atom stereocenters. The average Bonchev–Trinajstić information content (AvgIpc) is 2.57. The Morgan fingerprint density at radius 1 is 1.38 bits per heavy atom. The first-order chi connectivity index (χ1) is 7.54. The third-order valence-electron chi connectivity index (χ3n) is 1.83. The molecular formula is C9H8FNO2S3. The quantitative estimate of drug-likeness (QED) is 0.637. The highest BCUT2D eigenvalue weighted by molar-refractivity contribution is 8.01. The van der Waals surface area contributed by atoms with Crippen molar-refractivity contribution in [3.63, 3.8) is 0 Å². The Morgan fingerprint density at radius 2 is 2.12 bits per heavy atom. The van der Waals surface area contributed by atoms with Crippen LogP contribution >= 0.6 is 23.1 Å². The van der Waals surface area contributed by atoms with Gasteiger partial charge in [0.1, 0.15) is 0 Å². The summed E-state index contributed by atoms with van der Waals surface area (Å²) in [7, 11) is -4.37. The van der Waals surface area contributed by atoms with E-state index in [4.69, 9.17) is 0 Å². The van der Waals surface area contributed by atoms with Crippen LogP contribution in [-0.2, 0) is 10.2 Å². The smallest absolute Gasteiger partial charge is 0.230 e. The fourth-order valence-electron chi connectivity index (χ4n) is 1.14. The van der Waals surface area contributed by atoms with E-state index in [0.29, 0.717) is 0 Å². The molecule has 0 saturated heterocycles. The molecule has 0 aliphatic heterocycles. The Bertz CT molecular complexity index is 561. The maximum atomic E-state index is 12.2. The molecule has 0 bridgehead atoms. The normalized spacial score (nSPS) is 12.1. The molecule has 2 rings (SSSR count). The second kappa shape index (κ2) is 4.68. The highest BCUT2D eigenvalue weighted by Crippen LogP contribution is 2.29. The number of hydrogen-bond donors (Lipinski definition) is 0. The average molecular weight is 277 g/mol. The molecular weight excluding hydrogens is 269 g/mol. The van der Waals surface area contributed by atoms with Gasteiger partial charge in [-0.15, -0.1) is 15.2 Å². The van der Waals surface area contributed by atoms with Crippen molar-refractivity contribution in [3.05, 3.63) is 24.3 Å². The van der Waals surface area contributed by atoms with Crippen molar-refractivity contribution in [1.29, 1.82) is 0 Å². The summed E-state index contributed by atoms with van der Waals surface area (Å²) in [4.78, 5) is 4.30. The van der Waals surface area contributed by atoms with Crippen LogP contribution in [0.25, 0.3) is 10.2 Å². The zero-order chi connectivity index (χ0) is 11.6.